The molecule has 2 fully saturated rings. The van der Waals surface area contributed by atoms with Gasteiger partial charge in [0.05, 0.1) is 31.3 Å². The molecule has 2 atom stereocenters. The fraction of sp³-hybridized carbons (Fsp3) is 0.611. The van der Waals surface area contributed by atoms with Gasteiger partial charge in [0.15, 0.2) is 0 Å². The van der Waals surface area contributed by atoms with Crippen LogP contribution in [-0.4, -0.2) is 65.0 Å². The Bertz CT molecular complexity index is 638. The second kappa shape index (κ2) is 8.35. The molecule has 1 aromatic rings. The Morgan fingerprint density at radius 2 is 2.23 bits per heavy atom. The molecule has 3 heterocycles. The summed E-state index contributed by atoms with van der Waals surface area (Å²) in [4.78, 5) is 39.3. The highest BCUT2D eigenvalue weighted by Gasteiger charge is 2.37. The Hall–Kier alpha value is -2.35. The topological polar surface area (TPSA) is 100 Å². The van der Waals surface area contributed by atoms with Crippen LogP contribution in [0.1, 0.15) is 31.4 Å². The molecule has 0 spiro atoms. The maximum atomic E-state index is 12.9. The van der Waals surface area contributed by atoms with Crippen LogP contribution in [0.4, 0.5) is 0 Å². The number of amides is 2. The van der Waals surface area contributed by atoms with Crippen LogP contribution in [0.2, 0.25) is 0 Å². The Balaban J connectivity index is 1.61. The molecule has 1 N–H and O–H groups in total. The molecule has 0 saturated carbocycles. The van der Waals surface area contributed by atoms with E-state index >= 15 is 0 Å². The van der Waals surface area contributed by atoms with Crippen LogP contribution in [0.3, 0.4) is 0 Å². The third-order valence-corrected chi connectivity index (χ3v) is 4.85. The van der Waals surface area contributed by atoms with Crippen LogP contribution in [0, 0.1) is 5.92 Å². The number of aliphatic carboxylic acids is 1. The molecule has 0 aromatic carbocycles. The molecule has 2 amide bonds. The number of ether oxygens (including phenoxy) is 1. The largest absolute Gasteiger partial charge is 0.481 e. The number of carbonyl (C=O) groups excluding carboxylic acids is 2. The zero-order chi connectivity index (χ0) is 18.5. The van der Waals surface area contributed by atoms with E-state index in [-0.39, 0.29) is 37.3 Å². The van der Waals surface area contributed by atoms with Gasteiger partial charge in [-0.25, -0.2) is 0 Å². The first-order valence-corrected chi connectivity index (χ1v) is 8.95. The molecular weight excluding hydrogens is 340 g/mol. The molecular formula is C18H24N2O6. The van der Waals surface area contributed by atoms with E-state index < -0.39 is 11.9 Å². The van der Waals surface area contributed by atoms with Gasteiger partial charge >= 0.3 is 5.97 Å². The number of hydrogen-bond donors (Lipinski definition) is 1. The third-order valence-electron chi connectivity index (χ3n) is 4.85. The molecule has 0 unspecified atom stereocenters. The van der Waals surface area contributed by atoms with E-state index in [0.29, 0.717) is 32.0 Å². The van der Waals surface area contributed by atoms with Crippen molar-refractivity contribution < 1.29 is 28.6 Å². The van der Waals surface area contributed by atoms with Gasteiger partial charge in [0.1, 0.15) is 5.76 Å². The van der Waals surface area contributed by atoms with E-state index in [2.05, 4.69) is 0 Å². The SMILES string of the molecule is O=C(O)CCN(C[C@@H]1CCCO1)C(=O)[C@@H]1CC(=O)N(Cc2ccco2)C1. The maximum Gasteiger partial charge on any atom is 0.305 e. The van der Waals surface area contributed by atoms with Gasteiger partial charge in [-0.05, 0) is 25.0 Å². The molecule has 2 saturated heterocycles. The molecule has 8 nitrogen and oxygen atoms in total. The van der Waals surface area contributed by atoms with Crippen LogP contribution < -0.4 is 0 Å². The Morgan fingerprint density at radius 3 is 2.88 bits per heavy atom. The van der Waals surface area contributed by atoms with Gasteiger partial charge in [-0.3, -0.25) is 14.4 Å². The monoisotopic (exact) mass is 364 g/mol. The highest BCUT2D eigenvalue weighted by Crippen LogP contribution is 2.23. The fourth-order valence-electron chi connectivity index (χ4n) is 3.50. The van der Waals surface area contributed by atoms with E-state index in [0.717, 1.165) is 12.8 Å². The molecule has 0 bridgehead atoms. The van der Waals surface area contributed by atoms with Gasteiger partial charge in [0.25, 0.3) is 0 Å². The molecule has 3 rings (SSSR count). The zero-order valence-corrected chi connectivity index (χ0v) is 14.6. The lowest BCUT2D eigenvalue weighted by Gasteiger charge is -2.27. The summed E-state index contributed by atoms with van der Waals surface area (Å²) in [6.07, 6.45) is 3.34. The van der Waals surface area contributed by atoms with Crippen LogP contribution in [-0.2, 0) is 25.7 Å². The number of carboxylic acids is 1. The van der Waals surface area contributed by atoms with E-state index in [1.54, 1.807) is 28.2 Å². The predicted molar refractivity (Wildman–Crippen MR) is 90.0 cm³/mol. The maximum absolute atomic E-state index is 12.9. The summed E-state index contributed by atoms with van der Waals surface area (Å²) in [6.45, 7) is 1.86. The van der Waals surface area contributed by atoms with Gasteiger partial charge < -0.3 is 24.1 Å². The number of hydrogen-bond acceptors (Lipinski definition) is 5. The molecule has 2 aliphatic rings. The van der Waals surface area contributed by atoms with Gasteiger partial charge in [-0.1, -0.05) is 0 Å². The number of carboxylic acid groups (broad SMARTS) is 1. The number of nitrogens with zero attached hydrogens (tertiary/aromatic N) is 2. The minimum Gasteiger partial charge on any atom is -0.481 e. The van der Waals surface area contributed by atoms with Crippen molar-refractivity contribution in [3.63, 3.8) is 0 Å². The first-order chi connectivity index (χ1) is 12.5. The van der Waals surface area contributed by atoms with Crippen molar-refractivity contribution in [3.05, 3.63) is 24.2 Å². The van der Waals surface area contributed by atoms with Crippen molar-refractivity contribution >= 4 is 17.8 Å². The van der Waals surface area contributed by atoms with Crippen molar-refractivity contribution in [3.8, 4) is 0 Å². The van der Waals surface area contributed by atoms with Crippen LogP contribution >= 0.6 is 0 Å². The number of furan rings is 1. The Morgan fingerprint density at radius 1 is 1.38 bits per heavy atom. The van der Waals surface area contributed by atoms with Crippen molar-refractivity contribution in [2.75, 3.05) is 26.2 Å². The zero-order valence-electron chi connectivity index (χ0n) is 14.6. The van der Waals surface area contributed by atoms with Gasteiger partial charge in [0, 0.05) is 32.7 Å². The molecule has 0 aliphatic carbocycles. The highest BCUT2D eigenvalue weighted by atomic mass is 16.5. The van der Waals surface area contributed by atoms with E-state index in [1.807, 2.05) is 0 Å². The average Bonchev–Trinajstić information content (AvgIpc) is 3.35. The molecule has 26 heavy (non-hydrogen) atoms. The first-order valence-electron chi connectivity index (χ1n) is 8.95. The van der Waals surface area contributed by atoms with Crippen molar-refractivity contribution in [2.45, 2.75) is 38.3 Å². The van der Waals surface area contributed by atoms with Crippen molar-refractivity contribution in [1.82, 2.24) is 9.80 Å². The minimum absolute atomic E-state index is 0.0518. The summed E-state index contributed by atoms with van der Waals surface area (Å²) in [5.41, 5.74) is 0. The van der Waals surface area contributed by atoms with E-state index in [9.17, 15) is 14.4 Å². The van der Waals surface area contributed by atoms with Crippen molar-refractivity contribution in [2.24, 2.45) is 5.92 Å². The smallest absolute Gasteiger partial charge is 0.305 e. The lowest BCUT2D eigenvalue weighted by molar-refractivity contribution is -0.141. The molecule has 142 valence electrons. The van der Waals surface area contributed by atoms with Crippen molar-refractivity contribution in [1.29, 1.82) is 0 Å². The van der Waals surface area contributed by atoms with E-state index in [4.69, 9.17) is 14.3 Å². The summed E-state index contributed by atoms with van der Waals surface area (Å²) in [7, 11) is 0. The summed E-state index contributed by atoms with van der Waals surface area (Å²) in [5.74, 6) is -0.981. The fourth-order valence-corrected chi connectivity index (χ4v) is 3.50. The second-order valence-corrected chi connectivity index (χ2v) is 6.82. The molecule has 2 aliphatic heterocycles. The van der Waals surface area contributed by atoms with Gasteiger partial charge in [0.2, 0.25) is 11.8 Å². The summed E-state index contributed by atoms with van der Waals surface area (Å²) >= 11 is 0. The molecule has 8 heteroatoms. The summed E-state index contributed by atoms with van der Waals surface area (Å²) in [5, 5.41) is 8.96. The number of likely N-dealkylation sites (tertiary alicyclic amines) is 1. The molecule has 0 radical (unpaired) electrons. The Labute approximate surface area is 151 Å². The summed E-state index contributed by atoms with van der Waals surface area (Å²) < 4.78 is 10.9. The van der Waals surface area contributed by atoms with Gasteiger partial charge in [-0.15, -0.1) is 0 Å². The van der Waals surface area contributed by atoms with Crippen LogP contribution in [0.15, 0.2) is 22.8 Å². The molecule has 1 aromatic heterocycles. The average molecular weight is 364 g/mol. The standard InChI is InChI=1S/C18H24N2O6/c21-16-9-13(10-20(16)12-15-4-2-8-26-15)18(24)19(6-5-17(22)23)11-14-3-1-7-25-14/h2,4,8,13-14H,1,3,5-7,9-12H2,(H,22,23)/t13-,14+/m1/s1. The normalized spacial score (nSPS) is 22.8. The quantitative estimate of drug-likeness (QED) is 0.742. The van der Waals surface area contributed by atoms with E-state index in [1.165, 1.54) is 0 Å². The third kappa shape index (κ3) is 4.63. The number of rotatable bonds is 8. The lowest BCUT2D eigenvalue weighted by Crippen LogP contribution is -2.42. The summed E-state index contributed by atoms with van der Waals surface area (Å²) in [6, 6.07) is 3.55. The first kappa shape index (κ1) is 18.4. The lowest BCUT2D eigenvalue weighted by atomic mass is 10.1. The number of carbonyl (C=O) groups is 3. The van der Waals surface area contributed by atoms with Gasteiger partial charge in [-0.2, -0.15) is 0 Å². The minimum atomic E-state index is -0.947. The predicted octanol–water partition coefficient (Wildman–Crippen LogP) is 1.11. The van der Waals surface area contributed by atoms with Crippen LogP contribution in [0.25, 0.3) is 0 Å². The van der Waals surface area contributed by atoms with Crippen LogP contribution in [0.5, 0.6) is 0 Å². The second-order valence-electron chi connectivity index (χ2n) is 6.82. The highest BCUT2D eigenvalue weighted by molar-refractivity contribution is 5.89. The Kier molecular flexibility index (Phi) is 5.92.